The van der Waals surface area contributed by atoms with E-state index in [1.807, 2.05) is 35.9 Å². The maximum Gasteiger partial charge on any atom is 0.276 e. The van der Waals surface area contributed by atoms with Crippen LogP contribution in [0.4, 0.5) is 5.13 Å². The van der Waals surface area contributed by atoms with Crippen LogP contribution >= 0.6 is 34.7 Å². The lowest BCUT2D eigenvalue weighted by Gasteiger charge is -2.01. The lowest BCUT2D eigenvalue weighted by atomic mass is 10.2. The van der Waals surface area contributed by atoms with E-state index in [1.165, 1.54) is 28.5 Å². The largest absolute Gasteiger partial charge is 0.296 e. The third kappa shape index (κ3) is 3.90. The van der Waals surface area contributed by atoms with Gasteiger partial charge in [0.15, 0.2) is 5.13 Å². The number of benzene rings is 1. The van der Waals surface area contributed by atoms with Crippen molar-refractivity contribution in [3.05, 3.63) is 58.7 Å². The minimum Gasteiger partial charge on any atom is -0.296 e. The van der Waals surface area contributed by atoms with Gasteiger partial charge in [-0.1, -0.05) is 23.7 Å². The second kappa shape index (κ2) is 7.12. The molecular weight excluding hydrogens is 350 g/mol. The number of rotatable bonds is 4. The molecular formula is C16H12ClN3OS2. The summed E-state index contributed by atoms with van der Waals surface area (Å²) in [6.07, 6.45) is 3.53. The normalized spacial score (nSPS) is 10.5. The van der Waals surface area contributed by atoms with Gasteiger partial charge in [-0.3, -0.25) is 15.1 Å². The highest BCUT2D eigenvalue weighted by molar-refractivity contribution is 7.98. The van der Waals surface area contributed by atoms with Gasteiger partial charge in [0.2, 0.25) is 0 Å². The van der Waals surface area contributed by atoms with Gasteiger partial charge in [0.05, 0.1) is 5.69 Å². The zero-order chi connectivity index (χ0) is 16.2. The van der Waals surface area contributed by atoms with Crippen molar-refractivity contribution in [2.75, 3.05) is 11.6 Å². The summed E-state index contributed by atoms with van der Waals surface area (Å²) in [5.41, 5.74) is 2.11. The van der Waals surface area contributed by atoms with E-state index in [0.29, 0.717) is 10.2 Å². The predicted molar refractivity (Wildman–Crippen MR) is 96.5 cm³/mol. The molecule has 0 atom stereocenters. The molecule has 0 aliphatic heterocycles. The molecule has 2 aromatic heterocycles. The Morgan fingerprint density at radius 1 is 1.26 bits per heavy atom. The molecule has 0 unspecified atom stereocenters. The van der Waals surface area contributed by atoms with Crippen molar-refractivity contribution in [3.63, 3.8) is 0 Å². The summed E-state index contributed by atoms with van der Waals surface area (Å²) < 4.78 is 0. The minimum absolute atomic E-state index is 0.263. The van der Waals surface area contributed by atoms with Crippen LogP contribution < -0.4 is 5.32 Å². The first-order valence-electron chi connectivity index (χ1n) is 6.68. The van der Waals surface area contributed by atoms with Crippen LogP contribution in [0, 0.1) is 0 Å². The van der Waals surface area contributed by atoms with Crippen LogP contribution in [0.3, 0.4) is 0 Å². The Hall–Kier alpha value is -1.89. The van der Waals surface area contributed by atoms with Crippen LogP contribution in [-0.4, -0.2) is 22.1 Å². The predicted octanol–water partition coefficient (Wildman–Crippen LogP) is 4.83. The van der Waals surface area contributed by atoms with Gasteiger partial charge in [-0.05, 0) is 30.5 Å². The van der Waals surface area contributed by atoms with E-state index in [4.69, 9.17) is 11.6 Å². The molecule has 0 fully saturated rings. The van der Waals surface area contributed by atoms with Crippen molar-refractivity contribution < 1.29 is 4.79 Å². The quantitative estimate of drug-likeness (QED) is 0.676. The monoisotopic (exact) mass is 361 g/mol. The molecule has 0 saturated carbocycles. The molecule has 0 aliphatic rings. The van der Waals surface area contributed by atoms with E-state index in [9.17, 15) is 4.79 Å². The number of nitrogens with zero attached hydrogens (tertiary/aromatic N) is 2. The number of hydrogen-bond acceptors (Lipinski definition) is 5. The second-order valence-electron chi connectivity index (χ2n) is 4.58. The smallest absolute Gasteiger partial charge is 0.276 e. The molecule has 0 bridgehead atoms. The van der Waals surface area contributed by atoms with Gasteiger partial charge in [0.25, 0.3) is 5.91 Å². The van der Waals surface area contributed by atoms with Crippen molar-refractivity contribution in [2.24, 2.45) is 0 Å². The van der Waals surface area contributed by atoms with Crippen LogP contribution in [0.15, 0.2) is 52.9 Å². The lowest BCUT2D eigenvalue weighted by molar-refractivity contribution is 0.102. The Labute approximate surface area is 146 Å². The molecule has 4 nitrogen and oxygen atoms in total. The summed E-state index contributed by atoms with van der Waals surface area (Å²) in [4.78, 5) is 21.8. The molecule has 3 aromatic rings. The van der Waals surface area contributed by atoms with Gasteiger partial charge in [-0.2, -0.15) is 0 Å². The molecule has 2 heterocycles. The molecule has 1 N–H and O–H groups in total. The Balaban J connectivity index is 1.75. The molecule has 3 rings (SSSR count). The zero-order valence-electron chi connectivity index (χ0n) is 12.1. The van der Waals surface area contributed by atoms with Crippen LogP contribution in [-0.2, 0) is 0 Å². The number of halogens is 1. The molecule has 0 spiro atoms. The Morgan fingerprint density at radius 2 is 2.04 bits per heavy atom. The highest BCUT2D eigenvalue weighted by Gasteiger charge is 2.11. The van der Waals surface area contributed by atoms with E-state index in [2.05, 4.69) is 15.3 Å². The van der Waals surface area contributed by atoms with Crippen LogP contribution in [0.1, 0.15) is 10.5 Å². The number of pyridine rings is 1. The average Bonchev–Trinajstić information content (AvgIpc) is 3.03. The SMILES string of the molecule is CSc1ccc(-c2csc(NC(=O)c3cc(Cl)ccn3)n2)cc1. The molecule has 7 heteroatoms. The Morgan fingerprint density at radius 3 is 2.74 bits per heavy atom. The summed E-state index contributed by atoms with van der Waals surface area (Å²) in [6.45, 7) is 0. The Kier molecular flexibility index (Phi) is 4.95. The van der Waals surface area contributed by atoms with Crippen LogP contribution in [0.2, 0.25) is 5.02 Å². The topological polar surface area (TPSA) is 54.9 Å². The fourth-order valence-electron chi connectivity index (χ4n) is 1.92. The van der Waals surface area contributed by atoms with Crippen LogP contribution in [0.25, 0.3) is 11.3 Å². The third-order valence-corrected chi connectivity index (χ3v) is 4.80. The van der Waals surface area contributed by atoms with Crippen LogP contribution in [0.5, 0.6) is 0 Å². The van der Waals surface area contributed by atoms with Crippen molar-refractivity contribution >= 4 is 45.7 Å². The van der Waals surface area contributed by atoms with E-state index in [-0.39, 0.29) is 11.6 Å². The lowest BCUT2D eigenvalue weighted by Crippen LogP contribution is -2.13. The highest BCUT2D eigenvalue weighted by Crippen LogP contribution is 2.27. The number of carbonyl (C=O) groups is 1. The van der Waals surface area contributed by atoms with Gasteiger partial charge in [-0.25, -0.2) is 4.98 Å². The van der Waals surface area contributed by atoms with Crippen molar-refractivity contribution in [2.45, 2.75) is 4.90 Å². The molecule has 116 valence electrons. The zero-order valence-corrected chi connectivity index (χ0v) is 14.5. The number of thioether (sulfide) groups is 1. The minimum atomic E-state index is -0.328. The molecule has 23 heavy (non-hydrogen) atoms. The summed E-state index contributed by atoms with van der Waals surface area (Å²) >= 11 is 8.93. The number of amides is 1. The van der Waals surface area contributed by atoms with Gasteiger partial charge in [-0.15, -0.1) is 23.1 Å². The standard InChI is InChI=1S/C16H12ClN3OS2/c1-22-12-4-2-10(3-5-12)14-9-23-16(19-14)20-15(21)13-8-11(17)6-7-18-13/h2-9H,1H3,(H,19,20,21). The van der Waals surface area contributed by atoms with Gasteiger partial charge < -0.3 is 0 Å². The number of carbonyl (C=O) groups excluding carboxylic acids is 1. The van der Waals surface area contributed by atoms with Crippen molar-refractivity contribution in [3.8, 4) is 11.3 Å². The maximum absolute atomic E-state index is 12.1. The fraction of sp³-hybridized carbons (Fsp3) is 0.0625. The van der Waals surface area contributed by atoms with Crippen molar-refractivity contribution in [1.82, 2.24) is 9.97 Å². The second-order valence-corrected chi connectivity index (χ2v) is 6.75. The molecule has 0 aliphatic carbocycles. The van der Waals surface area contributed by atoms with Crippen molar-refractivity contribution in [1.29, 1.82) is 0 Å². The van der Waals surface area contributed by atoms with E-state index in [1.54, 1.807) is 17.8 Å². The van der Waals surface area contributed by atoms with E-state index < -0.39 is 0 Å². The van der Waals surface area contributed by atoms with Gasteiger partial charge >= 0.3 is 0 Å². The molecule has 1 amide bonds. The van der Waals surface area contributed by atoms with Gasteiger partial charge in [0.1, 0.15) is 5.69 Å². The first kappa shape index (κ1) is 16.0. The average molecular weight is 362 g/mol. The van der Waals surface area contributed by atoms with E-state index >= 15 is 0 Å². The summed E-state index contributed by atoms with van der Waals surface area (Å²) in [6, 6.07) is 11.3. The maximum atomic E-state index is 12.1. The van der Waals surface area contributed by atoms with E-state index in [0.717, 1.165) is 11.3 Å². The molecule has 0 radical (unpaired) electrons. The number of hydrogen-bond donors (Lipinski definition) is 1. The summed E-state index contributed by atoms with van der Waals surface area (Å²) in [7, 11) is 0. The molecule has 1 aromatic carbocycles. The summed E-state index contributed by atoms with van der Waals surface area (Å²) in [5, 5.41) is 5.65. The van der Waals surface area contributed by atoms with Gasteiger partial charge in [0, 0.05) is 27.1 Å². The first-order valence-corrected chi connectivity index (χ1v) is 9.17. The fourth-order valence-corrected chi connectivity index (χ4v) is 3.20. The number of aromatic nitrogens is 2. The Bertz CT molecular complexity index is 833. The summed E-state index contributed by atoms with van der Waals surface area (Å²) in [5.74, 6) is -0.328. The molecule has 0 saturated heterocycles. The number of anilines is 1. The third-order valence-electron chi connectivity index (χ3n) is 3.07. The first-order chi connectivity index (χ1) is 11.2. The number of nitrogens with one attached hydrogen (secondary N) is 1. The highest BCUT2D eigenvalue weighted by atomic mass is 35.5. The number of thiazole rings is 1.